The number of aromatic nitrogens is 2. The first kappa shape index (κ1) is 8.20. The molecule has 3 nitrogen and oxygen atoms in total. The van der Waals surface area contributed by atoms with Crippen molar-refractivity contribution in [2.45, 2.75) is 25.8 Å². The molecule has 14 heavy (non-hydrogen) atoms. The SMILES string of the molecule is FC(F)c1cc2n(n1)CC1(CC1)CO2. The first-order chi connectivity index (χ1) is 6.69. The van der Waals surface area contributed by atoms with Crippen LogP contribution in [0.1, 0.15) is 25.0 Å². The van der Waals surface area contributed by atoms with Crippen LogP contribution in [0.25, 0.3) is 0 Å². The van der Waals surface area contributed by atoms with Gasteiger partial charge in [0.1, 0.15) is 5.69 Å². The number of hydrogen-bond donors (Lipinski definition) is 0. The largest absolute Gasteiger partial charge is 0.477 e. The fourth-order valence-electron chi connectivity index (χ4n) is 1.82. The lowest BCUT2D eigenvalue weighted by Gasteiger charge is -2.22. The van der Waals surface area contributed by atoms with E-state index in [1.54, 1.807) is 4.68 Å². The summed E-state index contributed by atoms with van der Waals surface area (Å²) < 4.78 is 31.6. The summed E-state index contributed by atoms with van der Waals surface area (Å²) in [4.78, 5) is 0. The third-order valence-corrected chi connectivity index (χ3v) is 2.95. The lowest BCUT2D eigenvalue weighted by molar-refractivity contribution is 0.138. The number of alkyl halides is 2. The van der Waals surface area contributed by atoms with Crippen LogP contribution in [0.4, 0.5) is 8.78 Å². The monoisotopic (exact) mass is 200 g/mol. The Bertz CT molecular complexity index is 371. The van der Waals surface area contributed by atoms with Gasteiger partial charge in [0.2, 0.25) is 5.88 Å². The van der Waals surface area contributed by atoms with Crippen LogP contribution in [0, 0.1) is 5.41 Å². The molecule has 0 atom stereocenters. The molecule has 2 heterocycles. The van der Waals surface area contributed by atoms with Gasteiger partial charge in [0.15, 0.2) is 0 Å². The standard InChI is InChI=1S/C9H10F2N2O/c10-8(11)6-3-7-13(12-6)4-9(1-2-9)5-14-7/h3,8H,1-2,4-5H2. The van der Waals surface area contributed by atoms with Crippen LogP contribution in [0.2, 0.25) is 0 Å². The van der Waals surface area contributed by atoms with Gasteiger partial charge in [0.05, 0.1) is 13.2 Å². The highest BCUT2D eigenvalue weighted by atomic mass is 19.3. The zero-order valence-corrected chi connectivity index (χ0v) is 7.54. The second-order valence-electron chi connectivity index (χ2n) is 4.15. The maximum Gasteiger partial charge on any atom is 0.282 e. The topological polar surface area (TPSA) is 27.1 Å². The first-order valence-corrected chi connectivity index (χ1v) is 4.67. The molecule has 76 valence electrons. The smallest absolute Gasteiger partial charge is 0.282 e. The van der Waals surface area contributed by atoms with E-state index in [4.69, 9.17) is 4.74 Å². The summed E-state index contributed by atoms with van der Waals surface area (Å²) in [6.45, 7) is 1.39. The molecule has 3 rings (SSSR count). The summed E-state index contributed by atoms with van der Waals surface area (Å²) in [6, 6.07) is 1.33. The Morgan fingerprint density at radius 1 is 1.50 bits per heavy atom. The van der Waals surface area contributed by atoms with Crippen molar-refractivity contribution in [3.8, 4) is 5.88 Å². The molecule has 2 aliphatic rings. The number of hydrogen-bond acceptors (Lipinski definition) is 2. The Labute approximate surface area is 79.7 Å². The molecule has 1 spiro atoms. The molecule has 1 fully saturated rings. The number of halogens is 2. The second-order valence-corrected chi connectivity index (χ2v) is 4.15. The van der Waals surface area contributed by atoms with Gasteiger partial charge < -0.3 is 4.74 Å². The van der Waals surface area contributed by atoms with Crippen LogP contribution in [-0.2, 0) is 6.54 Å². The van der Waals surface area contributed by atoms with Gasteiger partial charge in [-0.05, 0) is 12.8 Å². The van der Waals surface area contributed by atoms with Crippen molar-refractivity contribution in [1.82, 2.24) is 9.78 Å². The third kappa shape index (κ3) is 1.11. The predicted octanol–water partition coefficient (Wildman–Crippen LogP) is 1.99. The first-order valence-electron chi connectivity index (χ1n) is 4.67. The predicted molar refractivity (Wildman–Crippen MR) is 44.3 cm³/mol. The van der Waals surface area contributed by atoms with Gasteiger partial charge >= 0.3 is 0 Å². The van der Waals surface area contributed by atoms with Gasteiger partial charge in [0.25, 0.3) is 6.43 Å². The van der Waals surface area contributed by atoms with Gasteiger partial charge in [-0.15, -0.1) is 0 Å². The van der Waals surface area contributed by atoms with Crippen molar-refractivity contribution >= 4 is 0 Å². The average Bonchev–Trinajstić information content (AvgIpc) is 2.76. The van der Waals surface area contributed by atoms with Gasteiger partial charge in [0, 0.05) is 11.5 Å². The maximum absolute atomic E-state index is 12.3. The van der Waals surface area contributed by atoms with E-state index in [1.807, 2.05) is 0 Å². The van der Waals surface area contributed by atoms with Crippen molar-refractivity contribution in [3.63, 3.8) is 0 Å². The molecule has 0 aromatic carbocycles. The highest BCUT2D eigenvalue weighted by molar-refractivity contribution is 5.20. The molecule has 0 unspecified atom stereocenters. The molecular formula is C9H10F2N2O. The van der Waals surface area contributed by atoms with Crippen molar-refractivity contribution in [2.75, 3.05) is 6.61 Å². The van der Waals surface area contributed by atoms with Crippen LogP contribution in [0.15, 0.2) is 6.07 Å². The van der Waals surface area contributed by atoms with Crippen LogP contribution < -0.4 is 4.74 Å². The summed E-state index contributed by atoms with van der Waals surface area (Å²) in [5.74, 6) is 0.484. The summed E-state index contributed by atoms with van der Waals surface area (Å²) in [6.07, 6.45) is -0.265. The summed E-state index contributed by atoms with van der Waals surface area (Å²) in [5.41, 5.74) is 0.0241. The second kappa shape index (κ2) is 2.46. The van der Waals surface area contributed by atoms with Crippen molar-refractivity contribution in [2.24, 2.45) is 5.41 Å². The normalized spacial score (nSPS) is 22.2. The molecule has 0 amide bonds. The molecule has 5 heteroatoms. The lowest BCUT2D eigenvalue weighted by Crippen LogP contribution is -2.26. The quantitative estimate of drug-likeness (QED) is 0.693. The summed E-state index contributed by atoms with van der Waals surface area (Å²) >= 11 is 0. The Morgan fingerprint density at radius 2 is 2.29 bits per heavy atom. The molecule has 1 aliphatic carbocycles. The molecule has 0 radical (unpaired) electrons. The van der Waals surface area contributed by atoms with E-state index in [0.29, 0.717) is 12.5 Å². The average molecular weight is 200 g/mol. The minimum atomic E-state index is -2.51. The highest BCUT2D eigenvalue weighted by Gasteiger charge is 2.47. The van der Waals surface area contributed by atoms with E-state index in [2.05, 4.69) is 5.10 Å². The molecule has 0 saturated heterocycles. The van der Waals surface area contributed by atoms with E-state index >= 15 is 0 Å². The Hall–Kier alpha value is -1.13. The zero-order chi connectivity index (χ0) is 9.76. The van der Waals surface area contributed by atoms with Crippen molar-refractivity contribution in [1.29, 1.82) is 0 Å². The van der Waals surface area contributed by atoms with E-state index in [0.717, 1.165) is 19.4 Å². The van der Waals surface area contributed by atoms with E-state index in [-0.39, 0.29) is 11.1 Å². The molecule has 0 bridgehead atoms. The van der Waals surface area contributed by atoms with Crippen LogP contribution in [0.5, 0.6) is 5.88 Å². The highest BCUT2D eigenvalue weighted by Crippen LogP contribution is 2.50. The van der Waals surface area contributed by atoms with Gasteiger partial charge in [-0.25, -0.2) is 13.5 Å². The Balaban J connectivity index is 1.93. The minimum absolute atomic E-state index is 0.183. The van der Waals surface area contributed by atoms with Crippen molar-refractivity contribution in [3.05, 3.63) is 11.8 Å². The Morgan fingerprint density at radius 3 is 2.93 bits per heavy atom. The van der Waals surface area contributed by atoms with E-state index in [1.165, 1.54) is 6.07 Å². The van der Waals surface area contributed by atoms with E-state index < -0.39 is 6.43 Å². The number of nitrogens with zero attached hydrogens (tertiary/aromatic N) is 2. The lowest BCUT2D eigenvalue weighted by atomic mass is 10.1. The molecular weight excluding hydrogens is 190 g/mol. The van der Waals surface area contributed by atoms with Gasteiger partial charge in [-0.1, -0.05) is 0 Å². The molecule has 0 N–H and O–H groups in total. The van der Waals surface area contributed by atoms with Crippen LogP contribution >= 0.6 is 0 Å². The molecule has 1 aromatic heterocycles. The summed E-state index contributed by atoms with van der Waals surface area (Å²) in [5, 5.41) is 3.83. The molecule has 1 saturated carbocycles. The fraction of sp³-hybridized carbons (Fsp3) is 0.667. The van der Waals surface area contributed by atoms with Gasteiger partial charge in [-0.3, -0.25) is 0 Å². The van der Waals surface area contributed by atoms with Gasteiger partial charge in [-0.2, -0.15) is 5.10 Å². The maximum atomic E-state index is 12.3. The molecule has 1 aliphatic heterocycles. The zero-order valence-electron chi connectivity index (χ0n) is 7.54. The number of fused-ring (bicyclic) bond motifs is 1. The minimum Gasteiger partial charge on any atom is -0.477 e. The number of ether oxygens (including phenoxy) is 1. The van der Waals surface area contributed by atoms with Crippen LogP contribution in [-0.4, -0.2) is 16.4 Å². The summed E-state index contributed by atoms with van der Waals surface area (Å²) in [7, 11) is 0. The van der Waals surface area contributed by atoms with E-state index in [9.17, 15) is 8.78 Å². The van der Waals surface area contributed by atoms with Crippen molar-refractivity contribution < 1.29 is 13.5 Å². The van der Waals surface area contributed by atoms with Crippen LogP contribution in [0.3, 0.4) is 0 Å². The molecule has 1 aromatic rings. The third-order valence-electron chi connectivity index (χ3n) is 2.95. The number of rotatable bonds is 1. The fourth-order valence-corrected chi connectivity index (χ4v) is 1.82. The Kier molecular flexibility index (Phi) is 1.44.